The van der Waals surface area contributed by atoms with Crippen molar-refractivity contribution in [1.82, 2.24) is 9.46 Å². The Morgan fingerprint density at radius 2 is 0.955 bits per heavy atom. The summed E-state index contributed by atoms with van der Waals surface area (Å²) in [6.45, 7) is 7.98. The number of unbranched alkanes of at least 4 members (excludes halogenated alkanes) is 8. The Morgan fingerprint density at radius 3 is 1.34 bits per heavy atom. The Labute approximate surface area is 261 Å². The molecule has 236 valence electrons. The summed E-state index contributed by atoms with van der Waals surface area (Å²) < 4.78 is 2.32. The highest BCUT2D eigenvalue weighted by atomic mass is 16.5. The fraction of sp³-hybridized carbons (Fsp3) is 0.421. The number of aromatic nitrogens is 2. The minimum atomic E-state index is 0.00671. The first-order valence-corrected chi connectivity index (χ1v) is 16.3. The molecule has 0 saturated carbocycles. The van der Waals surface area contributed by atoms with Gasteiger partial charge in [-0.3, -0.25) is 9.59 Å². The average Bonchev–Trinajstić information content (AvgIpc) is 3.05. The van der Waals surface area contributed by atoms with E-state index >= 15 is 0 Å². The van der Waals surface area contributed by atoms with Gasteiger partial charge in [0, 0.05) is 34.7 Å². The normalized spacial score (nSPS) is 11.5. The van der Waals surface area contributed by atoms with Crippen LogP contribution in [0.1, 0.15) is 101 Å². The van der Waals surface area contributed by atoms with E-state index in [1.165, 1.54) is 51.4 Å². The molecule has 0 aliphatic carbocycles. The number of rotatable bonds is 14. The maximum Gasteiger partial charge on any atom is 0.192 e. The SMILES string of the molecule is CCCCCC/C=C/Cc1c(C)c(=O)c2ccccc2n1O.CCCCCC/C=C/Cc1c(C)c(=O)c2ccccc2n1O. The first-order chi connectivity index (χ1) is 21.3. The lowest BCUT2D eigenvalue weighted by molar-refractivity contribution is 0.188. The summed E-state index contributed by atoms with van der Waals surface area (Å²) in [6, 6.07) is 14.4. The Hall–Kier alpha value is -4.06. The summed E-state index contributed by atoms with van der Waals surface area (Å²) in [5.74, 6) is 0. The van der Waals surface area contributed by atoms with Gasteiger partial charge in [0.15, 0.2) is 10.9 Å². The molecule has 2 aromatic carbocycles. The lowest BCUT2D eigenvalue weighted by Crippen LogP contribution is -2.16. The largest absolute Gasteiger partial charge is 0.428 e. The zero-order valence-electron chi connectivity index (χ0n) is 27.0. The minimum absolute atomic E-state index is 0.00671. The third kappa shape index (κ3) is 8.98. The summed E-state index contributed by atoms with van der Waals surface area (Å²) in [5, 5.41) is 21.9. The van der Waals surface area contributed by atoms with Crippen molar-refractivity contribution in [1.29, 1.82) is 0 Å². The maximum atomic E-state index is 12.4. The molecule has 2 heterocycles. The second-order valence-corrected chi connectivity index (χ2v) is 11.5. The second kappa shape index (κ2) is 17.9. The number of hydrogen-bond donors (Lipinski definition) is 2. The van der Waals surface area contributed by atoms with Gasteiger partial charge >= 0.3 is 0 Å². The molecule has 44 heavy (non-hydrogen) atoms. The van der Waals surface area contributed by atoms with E-state index in [0.29, 0.717) is 57.2 Å². The second-order valence-electron chi connectivity index (χ2n) is 11.5. The van der Waals surface area contributed by atoms with E-state index < -0.39 is 0 Å². The molecule has 6 heteroatoms. The van der Waals surface area contributed by atoms with E-state index in [1.54, 1.807) is 38.1 Å². The van der Waals surface area contributed by atoms with Crippen LogP contribution in [0.5, 0.6) is 0 Å². The van der Waals surface area contributed by atoms with Gasteiger partial charge in [-0.2, -0.15) is 9.46 Å². The van der Waals surface area contributed by atoms with E-state index in [1.807, 2.05) is 24.3 Å². The highest BCUT2D eigenvalue weighted by Gasteiger charge is 2.13. The maximum absolute atomic E-state index is 12.4. The van der Waals surface area contributed by atoms with Gasteiger partial charge in [-0.05, 0) is 63.8 Å². The molecule has 2 aromatic heterocycles. The first-order valence-electron chi connectivity index (χ1n) is 16.3. The molecular formula is C38H50N2O4. The Kier molecular flexibility index (Phi) is 14.0. The number of allylic oxidation sites excluding steroid dienone is 4. The Bertz CT molecular complexity index is 1550. The van der Waals surface area contributed by atoms with Crippen LogP contribution in [-0.4, -0.2) is 19.9 Å². The summed E-state index contributed by atoms with van der Waals surface area (Å²) >= 11 is 0. The molecule has 0 aliphatic rings. The predicted octanol–water partition coefficient (Wildman–Crippen LogP) is 9.23. The molecular weight excluding hydrogens is 548 g/mol. The fourth-order valence-corrected chi connectivity index (χ4v) is 5.46. The molecule has 0 spiro atoms. The van der Waals surface area contributed by atoms with Crippen LogP contribution >= 0.6 is 0 Å². The van der Waals surface area contributed by atoms with Crippen molar-refractivity contribution < 1.29 is 10.4 Å². The van der Waals surface area contributed by atoms with Gasteiger partial charge in [-0.1, -0.05) is 101 Å². The molecule has 0 fully saturated rings. The molecule has 6 nitrogen and oxygen atoms in total. The molecule has 0 bridgehead atoms. The molecule has 4 aromatic rings. The van der Waals surface area contributed by atoms with Crippen LogP contribution in [0.25, 0.3) is 21.8 Å². The van der Waals surface area contributed by atoms with Crippen LogP contribution in [0.4, 0.5) is 0 Å². The van der Waals surface area contributed by atoms with E-state index in [-0.39, 0.29) is 10.9 Å². The number of fused-ring (bicyclic) bond motifs is 2. The monoisotopic (exact) mass is 598 g/mol. The lowest BCUT2D eigenvalue weighted by Gasteiger charge is -2.12. The number of para-hydroxylation sites is 2. The van der Waals surface area contributed by atoms with Gasteiger partial charge in [0.2, 0.25) is 0 Å². The molecule has 2 N–H and O–H groups in total. The van der Waals surface area contributed by atoms with Crippen LogP contribution in [0.15, 0.2) is 82.4 Å². The van der Waals surface area contributed by atoms with Gasteiger partial charge in [-0.15, -0.1) is 0 Å². The molecule has 0 aliphatic heterocycles. The molecule has 0 unspecified atom stereocenters. The Morgan fingerprint density at radius 1 is 0.568 bits per heavy atom. The standard InChI is InChI=1S/2C19H25NO2/c2*1-3-4-5-6-7-8-9-13-17-15(2)19(21)16-12-10-11-14-18(16)20(17)22/h2*8-12,14,22H,3-7,13H2,1-2H3/b2*9-8+. The average molecular weight is 599 g/mol. The quantitative estimate of drug-likeness (QED) is 0.0861. The van der Waals surface area contributed by atoms with Crippen molar-refractivity contribution in [3.63, 3.8) is 0 Å². The van der Waals surface area contributed by atoms with Crippen molar-refractivity contribution in [3.05, 3.63) is 116 Å². The van der Waals surface area contributed by atoms with Crippen molar-refractivity contribution in [3.8, 4) is 0 Å². The molecule has 4 rings (SSSR count). The fourth-order valence-electron chi connectivity index (χ4n) is 5.46. The van der Waals surface area contributed by atoms with Crippen LogP contribution in [-0.2, 0) is 12.8 Å². The van der Waals surface area contributed by atoms with Crippen LogP contribution in [0, 0.1) is 13.8 Å². The van der Waals surface area contributed by atoms with Crippen LogP contribution in [0.2, 0.25) is 0 Å². The van der Waals surface area contributed by atoms with E-state index in [0.717, 1.165) is 22.3 Å². The number of pyridine rings is 2. The van der Waals surface area contributed by atoms with Gasteiger partial charge in [0.05, 0.1) is 22.4 Å². The van der Waals surface area contributed by atoms with Crippen LogP contribution in [0.3, 0.4) is 0 Å². The third-order valence-electron chi connectivity index (χ3n) is 8.22. The van der Waals surface area contributed by atoms with E-state index in [4.69, 9.17) is 0 Å². The number of nitrogens with zero attached hydrogens (tertiary/aromatic N) is 2. The van der Waals surface area contributed by atoms with Gasteiger partial charge in [-0.25, -0.2) is 0 Å². The summed E-state index contributed by atoms with van der Waals surface area (Å²) in [5.41, 5.74) is 3.75. The van der Waals surface area contributed by atoms with Gasteiger partial charge in [0.25, 0.3) is 0 Å². The Balaban J connectivity index is 0.000000240. The predicted molar refractivity (Wildman–Crippen MR) is 183 cm³/mol. The van der Waals surface area contributed by atoms with E-state index in [2.05, 4.69) is 38.2 Å². The van der Waals surface area contributed by atoms with Crippen molar-refractivity contribution in [2.24, 2.45) is 0 Å². The minimum Gasteiger partial charge on any atom is -0.428 e. The highest BCUT2D eigenvalue weighted by Crippen LogP contribution is 2.17. The smallest absolute Gasteiger partial charge is 0.192 e. The zero-order valence-corrected chi connectivity index (χ0v) is 27.0. The van der Waals surface area contributed by atoms with E-state index in [9.17, 15) is 20.0 Å². The molecule has 0 saturated heterocycles. The summed E-state index contributed by atoms with van der Waals surface area (Å²) in [7, 11) is 0. The topological polar surface area (TPSA) is 84.5 Å². The molecule has 0 amide bonds. The van der Waals surface area contributed by atoms with Crippen molar-refractivity contribution in [2.45, 2.75) is 105 Å². The summed E-state index contributed by atoms with van der Waals surface area (Å²) in [4.78, 5) is 24.7. The van der Waals surface area contributed by atoms with Gasteiger partial charge < -0.3 is 10.4 Å². The zero-order chi connectivity index (χ0) is 31.9. The molecule has 0 radical (unpaired) electrons. The third-order valence-corrected chi connectivity index (χ3v) is 8.22. The first kappa shape index (κ1) is 34.4. The molecule has 0 atom stereocenters. The van der Waals surface area contributed by atoms with Crippen molar-refractivity contribution >= 4 is 21.8 Å². The van der Waals surface area contributed by atoms with Crippen LogP contribution < -0.4 is 10.9 Å². The summed E-state index contributed by atoms with van der Waals surface area (Å²) in [6.07, 6.45) is 21.7. The lowest BCUT2D eigenvalue weighted by atomic mass is 10.1. The van der Waals surface area contributed by atoms with Crippen molar-refractivity contribution in [2.75, 3.05) is 0 Å². The van der Waals surface area contributed by atoms with Gasteiger partial charge in [0.1, 0.15) is 0 Å². The number of hydrogen-bond acceptors (Lipinski definition) is 4. The number of benzene rings is 2. The highest BCUT2D eigenvalue weighted by molar-refractivity contribution is 5.80.